The van der Waals surface area contributed by atoms with Gasteiger partial charge in [0.1, 0.15) is 0 Å². The SMILES string of the molecule is CC(C)N1CCN(C(=O)C23CC4CC(CC(C4)C2)C3)CC1. The van der Waals surface area contributed by atoms with Crippen LogP contribution < -0.4 is 0 Å². The van der Waals surface area contributed by atoms with Crippen molar-refractivity contribution in [3.05, 3.63) is 0 Å². The Morgan fingerprint density at radius 2 is 1.38 bits per heavy atom. The molecule has 1 aliphatic heterocycles. The lowest BCUT2D eigenvalue weighted by Crippen LogP contribution is -2.58. The molecule has 3 heteroatoms. The average Bonchev–Trinajstić information content (AvgIpc) is 2.45. The Kier molecular flexibility index (Phi) is 3.33. The highest BCUT2D eigenvalue weighted by Crippen LogP contribution is 2.60. The molecule has 0 unspecified atom stereocenters. The fourth-order valence-electron chi connectivity index (χ4n) is 6.15. The summed E-state index contributed by atoms with van der Waals surface area (Å²) in [6.45, 7) is 8.57. The largest absolute Gasteiger partial charge is 0.340 e. The Morgan fingerprint density at radius 1 is 0.905 bits per heavy atom. The van der Waals surface area contributed by atoms with Crippen molar-refractivity contribution in [1.29, 1.82) is 0 Å². The van der Waals surface area contributed by atoms with Crippen LogP contribution >= 0.6 is 0 Å². The second kappa shape index (κ2) is 4.97. The molecule has 0 spiro atoms. The minimum Gasteiger partial charge on any atom is -0.340 e. The summed E-state index contributed by atoms with van der Waals surface area (Å²) in [6.07, 6.45) is 7.90. The lowest BCUT2D eigenvalue weighted by molar-refractivity contribution is -0.159. The zero-order valence-corrected chi connectivity index (χ0v) is 13.7. The summed E-state index contributed by atoms with van der Waals surface area (Å²) in [7, 11) is 0. The highest BCUT2D eigenvalue weighted by atomic mass is 16.2. The van der Waals surface area contributed by atoms with Gasteiger partial charge in [0.25, 0.3) is 0 Å². The van der Waals surface area contributed by atoms with Gasteiger partial charge in [0.2, 0.25) is 5.91 Å². The predicted octanol–water partition coefficient (Wildman–Crippen LogP) is 2.76. The van der Waals surface area contributed by atoms with Gasteiger partial charge in [-0.3, -0.25) is 9.69 Å². The van der Waals surface area contributed by atoms with Crippen LogP contribution in [0.1, 0.15) is 52.4 Å². The summed E-state index contributed by atoms with van der Waals surface area (Å²) >= 11 is 0. The topological polar surface area (TPSA) is 23.6 Å². The van der Waals surface area contributed by atoms with Gasteiger partial charge < -0.3 is 4.90 Å². The Bertz CT molecular complexity index is 388. The van der Waals surface area contributed by atoms with E-state index in [-0.39, 0.29) is 5.41 Å². The number of carbonyl (C=O) groups is 1. The molecule has 21 heavy (non-hydrogen) atoms. The number of hydrogen-bond acceptors (Lipinski definition) is 2. The van der Waals surface area contributed by atoms with Crippen molar-refractivity contribution in [2.45, 2.75) is 58.4 Å². The van der Waals surface area contributed by atoms with E-state index in [1.54, 1.807) is 0 Å². The fraction of sp³-hybridized carbons (Fsp3) is 0.944. The molecule has 0 atom stereocenters. The first-order valence-corrected chi connectivity index (χ1v) is 9.09. The molecule has 5 fully saturated rings. The number of nitrogens with zero attached hydrogens (tertiary/aromatic N) is 2. The van der Waals surface area contributed by atoms with Crippen molar-refractivity contribution in [2.75, 3.05) is 26.2 Å². The molecule has 5 rings (SSSR count). The molecule has 3 nitrogen and oxygen atoms in total. The summed E-state index contributed by atoms with van der Waals surface area (Å²) in [5.74, 6) is 3.15. The molecule has 0 aromatic carbocycles. The van der Waals surface area contributed by atoms with Gasteiger partial charge in [-0.15, -0.1) is 0 Å². The predicted molar refractivity (Wildman–Crippen MR) is 83.9 cm³/mol. The number of rotatable bonds is 2. The van der Waals surface area contributed by atoms with Crippen LogP contribution in [-0.2, 0) is 4.79 Å². The van der Waals surface area contributed by atoms with E-state index in [2.05, 4.69) is 23.6 Å². The fourth-order valence-corrected chi connectivity index (χ4v) is 6.15. The van der Waals surface area contributed by atoms with E-state index in [0.29, 0.717) is 11.9 Å². The lowest BCUT2D eigenvalue weighted by Gasteiger charge is -2.57. The van der Waals surface area contributed by atoms with Crippen LogP contribution in [0.2, 0.25) is 0 Å². The maximum Gasteiger partial charge on any atom is 0.228 e. The first-order chi connectivity index (χ1) is 10.1. The summed E-state index contributed by atoms with van der Waals surface area (Å²) in [4.78, 5) is 18.0. The van der Waals surface area contributed by atoms with Crippen LogP contribution in [0.15, 0.2) is 0 Å². The molecule has 0 aromatic rings. The monoisotopic (exact) mass is 290 g/mol. The Balaban J connectivity index is 1.46. The minimum atomic E-state index is 0.0642. The quantitative estimate of drug-likeness (QED) is 0.781. The third-order valence-corrected chi connectivity index (χ3v) is 6.82. The summed E-state index contributed by atoms with van der Waals surface area (Å²) < 4.78 is 0. The second-order valence-corrected chi connectivity index (χ2v) is 8.62. The first kappa shape index (κ1) is 14.0. The van der Waals surface area contributed by atoms with Crippen molar-refractivity contribution >= 4 is 5.91 Å². The van der Waals surface area contributed by atoms with E-state index in [4.69, 9.17) is 0 Å². The van der Waals surface area contributed by atoms with Crippen LogP contribution in [0.4, 0.5) is 0 Å². The van der Waals surface area contributed by atoms with Crippen LogP contribution in [-0.4, -0.2) is 47.9 Å². The molecule has 4 saturated carbocycles. The molecule has 5 aliphatic rings. The highest BCUT2D eigenvalue weighted by Gasteiger charge is 2.55. The molecule has 1 amide bonds. The molecule has 1 heterocycles. The van der Waals surface area contributed by atoms with E-state index in [9.17, 15) is 4.79 Å². The molecule has 0 radical (unpaired) electrons. The molecule has 1 saturated heterocycles. The molecular weight excluding hydrogens is 260 g/mol. The van der Waals surface area contributed by atoms with Gasteiger partial charge in [-0.2, -0.15) is 0 Å². The average molecular weight is 290 g/mol. The third kappa shape index (κ3) is 2.32. The van der Waals surface area contributed by atoms with Crippen molar-refractivity contribution in [3.63, 3.8) is 0 Å². The van der Waals surface area contributed by atoms with Gasteiger partial charge in [-0.05, 0) is 70.1 Å². The maximum atomic E-state index is 13.2. The summed E-state index contributed by atoms with van der Waals surface area (Å²) in [5.41, 5.74) is 0.0642. The summed E-state index contributed by atoms with van der Waals surface area (Å²) in [6, 6.07) is 0.613. The number of carbonyl (C=O) groups excluding carboxylic acids is 1. The Morgan fingerprint density at radius 3 is 1.81 bits per heavy atom. The second-order valence-electron chi connectivity index (χ2n) is 8.62. The van der Waals surface area contributed by atoms with E-state index in [0.717, 1.165) is 43.9 Å². The summed E-state index contributed by atoms with van der Waals surface area (Å²) in [5, 5.41) is 0. The van der Waals surface area contributed by atoms with E-state index >= 15 is 0 Å². The van der Waals surface area contributed by atoms with Gasteiger partial charge >= 0.3 is 0 Å². The lowest BCUT2D eigenvalue weighted by atomic mass is 9.49. The van der Waals surface area contributed by atoms with E-state index in [1.165, 1.54) is 38.5 Å². The van der Waals surface area contributed by atoms with Crippen LogP contribution in [0.25, 0.3) is 0 Å². The number of amides is 1. The van der Waals surface area contributed by atoms with Gasteiger partial charge in [0.05, 0.1) is 5.41 Å². The third-order valence-electron chi connectivity index (χ3n) is 6.82. The van der Waals surface area contributed by atoms with E-state index in [1.807, 2.05) is 0 Å². The molecule has 4 bridgehead atoms. The van der Waals surface area contributed by atoms with Crippen molar-refractivity contribution in [1.82, 2.24) is 9.80 Å². The Hall–Kier alpha value is -0.570. The number of piperazine rings is 1. The zero-order valence-electron chi connectivity index (χ0n) is 13.7. The van der Waals surface area contributed by atoms with E-state index < -0.39 is 0 Å². The highest BCUT2D eigenvalue weighted by molar-refractivity contribution is 5.83. The van der Waals surface area contributed by atoms with Gasteiger partial charge in [0.15, 0.2) is 0 Å². The van der Waals surface area contributed by atoms with Crippen molar-refractivity contribution < 1.29 is 4.79 Å². The van der Waals surface area contributed by atoms with Crippen LogP contribution in [0.3, 0.4) is 0 Å². The Labute approximate surface area is 129 Å². The van der Waals surface area contributed by atoms with Gasteiger partial charge in [-0.1, -0.05) is 0 Å². The van der Waals surface area contributed by atoms with Crippen LogP contribution in [0, 0.1) is 23.2 Å². The normalized spacial score (nSPS) is 42.8. The first-order valence-electron chi connectivity index (χ1n) is 9.09. The maximum absolute atomic E-state index is 13.2. The number of hydrogen-bond donors (Lipinski definition) is 0. The molecule has 118 valence electrons. The van der Waals surface area contributed by atoms with Crippen LogP contribution in [0.5, 0.6) is 0 Å². The molecule has 4 aliphatic carbocycles. The smallest absolute Gasteiger partial charge is 0.228 e. The molecule has 0 aromatic heterocycles. The standard InChI is InChI=1S/C18H30N2O/c1-13(2)19-3-5-20(6-4-19)17(21)18-10-14-7-15(11-18)9-16(8-14)12-18/h13-16H,3-12H2,1-2H3. The van der Waals surface area contributed by atoms with Gasteiger partial charge in [0, 0.05) is 32.2 Å². The minimum absolute atomic E-state index is 0.0642. The van der Waals surface area contributed by atoms with Gasteiger partial charge in [-0.25, -0.2) is 0 Å². The van der Waals surface area contributed by atoms with Crippen molar-refractivity contribution in [2.24, 2.45) is 23.2 Å². The zero-order chi connectivity index (χ0) is 14.6. The molecular formula is C18H30N2O. The van der Waals surface area contributed by atoms with Crippen molar-refractivity contribution in [3.8, 4) is 0 Å². The molecule has 0 N–H and O–H groups in total.